The van der Waals surface area contributed by atoms with E-state index in [0.717, 1.165) is 44.3 Å². The Morgan fingerprint density at radius 1 is 0.857 bits per heavy atom. The molecule has 35 heavy (non-hydrogen) atoms. The number of aliphatic hydroxyl groups excluding tert-OH is 1. The monoisotopic (exact) mass is 503 g/mol. The topological polar surface area (TPSA) is 109 Å². The fraction of sp³-hybridized carbons (Fsp3) is 0.500. The number of sulfone groups is 1. The molecule has 2 rings (SSSR count). The Balaban J connectivity index is 1.82. The van der Waals surface area contributed by atoms with E-state index in [9.17, 15) is 13.2 Å². The van der Waals surface area contributed by atoms with Gasteiger partial charge in [0.2, 0.25) is 0 Å². The van der Waals surface area contributed by atoms with E-state index in [1.54, 1.807) is 24.3 Å². The van der Waals surface area contributed by atoms with Gasteiger partial charge in [-0.3, -0.25) is 4.79 Å². The Morgan fingerprint density at radius 3 is 2.03 bits per heavy atom. The summed E-state index contributed by atoms with van der Waals surface area (Å²) in [5, 5.41) is 17.3. The highest BCUT2D eigenvalue weighted by Crippen LogP contribution is 2.23. The molecule has 0 atom stereocenters. The van der Waals surface area contributed by atoms with Crippen LogP contribution in [0.15, 0.2) is 63.7 Å². The molecule has 0 heterocycles. The molecule has 192 valence electrons. The molecule has 9 heteroatoms. The quantitative estimate of drug-likeness (QED) is 0.181. The fourth-order valence-corrected chi connectivity index (χ4v) is 4.88. The van der Waals surface area contributed by atoms with Crippen LogP contribution in [0.2, 0.25) is 0 Å². The zero-order valence-electron chi connectivity index (χ0n) is 20.7. The molecular formula is C26H37N3O5S. The number of aliphatic hydroxyl groups is 1. The van der Waals surface area contributed by atoms with Crippen molar-refractivity contribution in [1.82, 2.24) is 0 Å². The Kier molecular flexibility index (Phi) is 12.4. The number of unbranched alkanes of at least 4 members (excludes halogenated alkanes) is 5. The van der Waals surface area contributed by atoms with Gasteiger partial charge >= 0.3 is 5.97 Å². The first-order chi connectivity index (χ1) is 16.9. The van der Waals surface area contributed by atoms with Crippen molar-refractivity contribution in [2.24, 2.45) is 10.2 Å². The smallest absolute Gasteiger partial charge is 0.305 e. The standard InChI is InChI=1S/C26H37N3O5S/c1-29(19-7-5-6-10-26(31)34-2)24-15-11-22(12-16-24)27-28-23-13-17-25(18-14-23)35(32,33)21-9-4-3-8-20-30/h11-18,30H,3-10,19-21H2,1-2H3/b28-27+. The first kappa shape index (κ1) is 28.5. The van der Waals surface area contributed by atoms with E-state index in [1.165, 1.54) is 7.11 Å². The number of hydrogen-bond acceptors (Lipinski definition) is 8. The summed E-state index contributed by atoms with van der Waals surface area (Å²) in [6, 6.07) is 14.2. The molecule has 0 fully saturated rings. The summed E-state index contributed by atoms with van der Waals surface area (Å²) in [6.45, 7) is 1.03. The van der Waals surface area contributed by atoms with Gasteiger partial charge in [-0.1, -0.05) is 19.3 Å². The molecule has 0 aliphatic carbocycles. The Bertz CT molecular complexity index is 1020. The molecule has 0 saturated heterocycles. The average Bonchev–Trinajstić information content (AvgIpc) is 2.87. The van der Waals surface area contributed by atoms with Crippen molar-refractivity contribution in [1.29, 1.82) is 0 Å². The summed E-state index contributed by atoms with van der Waals surface area (Å²) in [5.41, 5.74) is 2.36. The van der Waals surface area contributed by atoms with Crippen LogP contribution in [0.3, 0.4) is 0 Å². The molecule has 0 radical (unpaired) electrons. The van der Waals surface area contributed by atoms with Crippen LogP contribution in [0.25, 0.3) is 0 Å². The predicted octanol–water partition coefficient (Wildman–Crippen LogP) is 5.60. The van der Waals surface area contributed by atoms with E-state index < -0.39 is 9.84 Å². The third-order valence-corrected chi connectivity index (χ3v) is 7.51. The van der Waals surface area contributed by atoms with E-state index in [-0.39, 0.29) is 23.2 Å². The second-order valence-electron chi connectivity index (χ2n) is 8.48. The van der Waals surface area contributed by atoms with Gasteiger partial charge < -0.3 is 14.7 Å². The number of nitrogens with zero attached hydrogens (tertiary/aromatic N) is 3. The van der Waals surface area contributed by atoms with Crippen LogP contribution < -0.4 is 4.90 Å². The second-order valence-corrected chi connectivity index (χ2v) is 10.6. The maximum absolute atomic E-state index is 12.5. The molecule has 0 amide bonds. The molecule has 0 bridgehead atoms. The fourth-order valence-electron chi connectivity index (χ4n) is 3.51. The highest BCUT2D eigenvalue weighted by molar-refractivity contribution is 7.91. The molecule has 1 N–H and O–H groups in total. The maximum atomic E-state index is 12.5. The van der Waals surface area contributed by atoms with Crippen LogP contribution in [0.1, 0.15) is 51.4 Å². The van der Waals surface area contributed by atoms with Crippen molar-refractivity contribution in [3.8, 4) is 0 Å². The largest absolute Gasteiger partial charge is 0.469 e. The summed E-state index contributed by atoms with van der Waals surface area (Å²) >= 11 is 0. The van der Waals surface area contributed by atoms with Gasteiger partial charge in [0, 0.05) is 32.3 Å². The molecule has 0 aromatic heterocycles. The van der Waals surface area contributed by atoms with E-state index in [1.807, 2.05) is 31.3 Å². The first-order valence-corrected chi connectivity index (χ1v) is 13.7. The molecule has 2 aromatic rings. The van der Waals surface area contributed by atoms with Gasteiger partial charge in [-0.25, -0.2) is 8.42 Å². The minimum atomic E-state index is -3.32. The lowest BCUT2D eigenvalue weighted by atomic mass is 10.2. The van der Waals surface area contributed by atoms with Gasteiger partial charge in [-0.15, -0.1) is 0 Å². The molecule has 0 unspecified atom stereocenters. The van der Waals surface area contributed by atoms with Gasteiger partial charge in [0.05, 0.1) is 29.1 Å². The van der Waals surface area contributed by atoms with Crippen LogP contribution in [0, 0.1) is 0 Å². The van der Waals surface area contributed by atoms with Crippen molar-refractivity contribution in [3.05, 3.63) is 48.5 Å². The predicted molar refractivity (Wildman–Crippen MR) is 138 cm³/mol. The molecule has 2 aromatic carbocycles. The van der Waals surface area contributed by atoms with Crippen LogP contribution in [0.5, 0.6) is 0 Å². The van der Waals surface area contributed by atoms with Crippen LogP contribution >= 0.6 is 0 Å². The van der Waals surface area contributed by atoms with Crippen LogP contribution in [0.4, 0.5) is 17.1 Å². The van der Waals surface area contributed by atoms with Gasteiger partial charge in [0.1, 0.15) is 0 Å². The molecule has 0 aliphatic rings. The summed E-state index contributed by atoms with van der Waals surface area (Å²) in [6.07, 6.45) is 6.17. The summed E-state index contributed by atoms with van der Waals surface area (Å²) in [5.74, 6) is -0.0570. The van der Waals surface area contributed by atoms with E-state index in [4.69, 9.17) is 5.11 Å². The Hall–Kier alpha value is -2.78. The van der Waals surface area contributed by atoms with Gasteiger partial charge in [-0.05, 0) is 74.2 Å². The summed E-state index contributed by atoms with van der Waals surface area (Å²) in [7, 11) is 0.120. The number of benzene rings is 2. The lowest BCUT2D eigenvalue weighted by Crippen LogP contribution is -2.18. The van der Waals surface area contributed by atoms with Crippen LogP contribution in [-0.4, -0.2) is 52.6 Å². The van der Waals surface area contributed by atoms with Crippen molar-refractivity contribution in [2.75, 3.05) is 38.0 Å². The minimum absolute atomic E-state index is 0.105. The Morgan fingerprint density at radius 2 is 1.43 bits per heavy atom. The second kappa shape index (κ2) is 15.3. The van der Waals surface area contributed by atoms with Crippen molar-refractivity contribution >= 4 is 32.9 Å². The van der Waals surface area contributed by atoms with Crippen molar-refractivity contribution in [2.45, 2.75) is 56.3 Å². The van der Waals surface area contributed by atoms with Crippen LogP contribution in [-0.2, 0) is 19.4 Å². The Labute approximate surface area is 208 Å². The number of rotatable bonds is 16. The third kappa shape index (κ3) is 10.6. The SMILES string of the molecule is COC(=O)CCCCCN(C)c1ccc(/N=N/c2ccc(S(=O)(=O)CCCCCCO)cc2)cc1. The summed E-state index contributed by atoms with van der Waals surface area (Å²) in [4.78, 5) is 13.6. The number of methoxy groups -OCH3 is 1. The van der Waals surface area contributed by atoms with Gasteiger partial charge in [0.15, 0.2) is 9.84 Å². The van der Waals surface area contributed by atoms with E-state index in [2.05, 4.69) is 19.9 Å². The zero-order valence-corrected chi connectivity index (χ0v) is 21.5. The van der Waals surface area contributed by atoms with E-state index in [0.29, 0.717) is 30.6 Å². The molecule has 0 aliphatic heterocycles. The zero-order chi connectivity index (χ0) is 25.5. The van der Waals surface area contributed by atoms with Crippen molar-refractivity contribution < 1.29 is 23.1 Å². The normalized spacial score (nSPS) is 11.6. The minimum Gasteiger partial charge on any atom is -0.469 e. The van der Waals surface area contributed by atoms with Crippen molar-refractivity contribution in [3.63, 3.8) is 0 Å². The lowest BCUT2D eigenvalue weighted by molar-refractivity contribution is -0.140. The molecule has 0 spiro atoms. The first-order valence-electron chi connectivity index (χ1n) is 12.1. The van der Waals surface area contributed by atoms with Gasteiger partial charge in [0.25, 0.3) is 0 Å². The third-order valence-electron chi connectivity index (χ3n) is 5.69. The average molecular weight is 504 g/mol. The summed E-state index contributed by atoms with van der Waals surface area (Å²) < 4.78 is 29.6. The lowest BCUT2D eigenvalue weighted by Gasteiger charge is -2.19. The number of hydrogen-bond donors (Lipinski definition) is 1. The maximum Gasteiger partial charge on any atom is 0.305 e. The molecule has 0 saturated carbocycles. The molecular weight excluding hydrogens is 466 g/mol. The number of anilines is 1. The number of carbonyl (C=O) groups is 1. The number of azo groups is 1. The highest BCUT2D eigenvalue weighted by Gasteiger charge is 2.13. The number of ether oxygens (including phenoxy) is 1. The van der Waals surface area contributed by atoms with E-state index >= 15 is 0 Å². The number of esters is 1. The van der Waals surface area contributed by atoms with Gasteiger partial charge in [-0.2, -0.15) is 10.2 Å². The highest BCUT2D eigenvalue weighted by atomic mass is 32.2. The molecule has 8 nitrogen and oxygen atoms in total. The number of carbonyl (C=O) groups excluding carboxylic acids is 1.